The van der Waals surface area contributed by atoms with Gasteiger partial charge in [-0.1, -0.05) is 6.08 Å². The zero-order valence-corrected chi connectivity index (χ0v) is 8.63. The van der Waals surface area contributed by atoms with Crippen molar-refractivity contribution >= 4 is 5.91 Å². The maximum Gasteiger partial charge on any atom is 0.249 e. The number of carbonyl (C=O) groups excluding carboxylic acids is 1. The molecule has 1 fully saturated rings. The van der Waals surface area contributed by atoms with Crippen LogP contribution in [-0.2, 0) is 4.79 Å². The third-order valence-corrected chi connectivity index (χ3v) is 2.43. The predicted molar refractivity (Wildman–Crippen MR) is 53.5 cm³/mol. The number of allylic oxidation sites excluding steroid dienone is 1. The lowest BCUT2D eigenvalue weighted by molar-refractivity contribution is -0.128. The molecule has 3 heteroatoms. The van der Waals surface area contributed by atoms with Crippen LogP contribution in [0.15, 0.2) is 11.6 Å². The highest BCUT2D eigenvalue weighted by Gasteiger charge is 2.20. The Morgan fingerprint density at radius 3 is 2.85 bits per heavy atom. The van der Waals surface area contributed by atoms with Crippen molar-refractivity contribution < 1.29 is 4.79 Å². The number of nitrogens with one attached hydrogen (secondary N) is 1. The third-order valence-electron chi connectivity index (χ3n) is 2.43. The maximum absolute atomic E-state index is 11.7. The van der Waals surface area contributed by atoms with Crippen LogP contribution in [-0.4, -0.2) is 36.5 Å². The molecule has 0 saturated carbocycles. The molecule has 74 valence electrons. The number of nitrogens with zero attached hydrogens (tertiary/aromatic N) is 1. The highest BCUT2D eigenvalue weighted by molar-refractivity contribution is 5.92. The molecule has 1 aliphatic heterocycles. The van der Waals surface area contributed by atoms with E-state index in [1.807, 2.05) is 24.8 Å². The first kappa shape index (κ1) is 10.3. The van der Waals surface area contributed by atoms with Gasteiger partial charge in [0.1, 0.15) is 0 Å². The summed E-state index contributed by atoms with van der Waals surface area (Å²) in [6.45, 7) is 8.43. The van der Waals surface area contributed by atoms with E-state index < -0.39 is 0 Å². The summed E-state index contributed by atoms with van der Waals surface area (Å²) >= 11 is 0. The smallest absolute Gasteiger partial charge is 0.249 e. The van der Waals surface area contributed by atoms with Crippen LogP contribution in [0, 0.1) is 0 Å². The summed E-state index contributed by atoms with van der Waals surface area (Å²) in [4.78, 5) is 13.6. The van der Waals surface area contributed by atoms with Crippen molar-refractivity contribution in [3.05, 3.63) is 11.6 Å². The second-order valence-corrected chi connectivity index (χ2v) is 3.58. The normalized spacial score (nSPS) is 24.7. The molecule has 0 radical (unpaired) electrons. The number of hydrogen-bond acceptors (Lipinski definition) is 2. The molecule has 1 heterocycles. The molecule has 0 aromatic carbocycles. The second kappa shape index (κ2) is 4.42. The Balaban J connectivity index is 2.56. The fourth-order valence-electron chi connectivity index (χ4n) is 1.49. The lowest BCUT2D eigenvalue weighted by Crippen LogP contribution is -2.51. The van der Waals surface area contributed by atoms with E-state index in [4.69, 9.17) is 0 Å². The van der Waals surface area contributed by atoms with Crippen LogP contribution in [0.5, 0.6) is 0 Å². The SMILES string of the molecule is C/C=C(/C)C(=O)N1CCN[C@@H](C)C1. The molecule has 0 aliphatic carbocycles. The third kappa shape index (κ3) is 2.56. The average Bonchev–Trinajstić information content (AvgIpc) is 2.15. The summed E-state index contributed by atoms with van der Waals surface area (Å²) in [5.74, 6) is 0.177. The van der Waals surface area contributed by atoms with E-state index in [0.717, 1.165) is 25.2 Å². The molecule has 3 nitrogen and oxygen atoms in total. The van der Waals surface area contributed by atoms with Gasteiger partial charge in [0.05, 0.1) is 0 Å². The van der Waals surface area contributed by atoms with Gasteiger partial charge in [-0.05, 0) is 20.8 Å². The molecule has 1 rings (SSSR count). The van der Waals surface area contributed by atoms with Crippen molar-refractivity contribution in [1.82, 2.24) is 10.2 Å². The van der Waals surface area contributed by atoms with E-state index in [2.05, 4.69) is 12.2 Å². The first-order valence-corrected chi connectivity index (χ1v) is 4.80. The minimum absolute atomic E-state index is 0.177. The number of carbonyl (C=O) groups is 1. The summed E-state index contributed by atoms with van der Waals surface area (Å²) < 4.78 is 0. The Kier molecular flexibility index (Phi) is 3.48. The first-order valence-electron chi connectivity index (χ1n) is 4.80. The van der Waals surface area contributed by atoms with E-state index >= 15 is 0 Å². The average molecular weight is 182 g/mol. The van der Waals surface area contributed by atoms with Crippen molar-refractivity contribution in [2.75, 3.05) is 19.6 Å². The molecule has 1 aliphatic rings. The summed E-state index contributed by atoms with van der Waals surface area (Å²) in [5, 5.41) is 3.31. The molecule has 0 aromatic rings. The number of piperazine rings is 1. The van der Waals surface area contributed by atoms with Gasteiger partial charge in [0, 0.05) is 31.2 Å². The number of amides is 1. The zero-order chi connectivity index (χ0) is 9.84. The van der Waals surface area contributed by atoms with Gasteiger partial charge in [-0.15, -0.1) is 0 Å². The lowest BCUT2D eigenvalue weighted by Gasteiger charge is -2.32. The van der Waals surface area contributed by atoms with Gasteiger partial charge in [-0.25, -0.2) is 0 Å². The van der Waals surface area contributed by atoms with Gasteiger partial charge in [-0.2, -0.15) is 0 Å². The summed E-state index contributed by atoms with van der Waals surface area (Å²) in [5.41, 5.74) is 0.842. The van der Waals surface area contributed by atoms with E-state index in [1.54, 1.807) is 0 Å². The van der Waals surface area contributed by atoms with Crippen molar-refractivity contribution in [2.24, 2.45) is 0 Å². The molecular weight excluding hydrogens is 164 g/mol. The topological polar surface area (TPSA) is 32.3 Å². The van der Waals surface area contributed by atoms with Crippen LogP contribution < -0.4 is 5.32 Å². The van der Waals surface area contributed by atoms with Crippen LogP contribution in [0.1, 0.15) is 20.8 Å². The molecule has 13 heavy (non-hydrogen) atoms. The Bertz CT molecular complexity index is 223. The summed E-state index contributed by atoms with van der Waals surface area (Å²) in [6, 6.07) is 0.419. The van der Waals surface area contributed by atoms with Gasteiger partial charge in [0.15, 0.2) is 0 Å². The molecule has 0 aromatic heterocycles. The highest BCUT2D eigenvalue weighted by atomic mass is 16.2. The fraction of sp³-hybridized carbons (Fsp3) is 0.700. The Morgan fingerprint density at radius 2 is 2.31 bits per heavy atom. The number of rotatable bonds is 1. The highest BCUT2D eigenvalue weighted by Crippen LogP contribution is 2.04. The van der Waals surface area contributed by atoms with Crippen LogP contribution in [0.4, 0.5) is 0 Å². The molecule has 0 spiro atoms. The van der Waals surface area contributed by atoms with Gasteiger partial charge in [-0.3, -0.25) is 4.79 Å². The minimum atomic E-state index is 0.177. The van der Waals surface area contributed by atoms with Crippen molar-refractivity contribution in [3.8, 4) is 0 Å². The van der Waals surface area contributed by atoms with Crippen LogP contribution in [0.2, 0.25) is 0 Å². The van der Waals surface area contributed by atoms with Gasteiger partial charge >= 0.3 is 0 Å². The van der Waals surface area contributed by atoms with E-state index in [1.165, 1.54) is 0 Å². The summed E-state index contributed by atoms with van der Waals surface area (Å²) in [6.07, 6.45) is 1.87. The standard InChI is InChI=1S/C10H18N2O/c1-4-8(2)10(13)12-6-5-11-9(3)7-12/h4,9,11H,5-7H2,1-3H3/b8-4-/t9-/m0/s1. The Labute approximate surface area is 79.8 Å². The minimum Gasteiger partial charge on any atom is -0.336 e. The van der Waals surface area contributed by atoms with Gasteiger partial charge < -0.3 is 10.2 Å². The largest absolute Gasteiger partial charge is 0.336 e. The molecule has 1 saturated heterocycles. The fourth-order valence-corrected chi connectivity index (χ4v) is 1.49. The van der Waals surface area contributed by atoms with Crippen molar-refractivity contribution in [1.29, 1.82) is 0 Å². The van der Waals surface area contributed by atoms with Crippen molar-refractivity contribution in [3.63, 3.8) is 0 Å². The van der Waals surface area contributed by atoms with E-state index in [0.29, 0.717) is 6.04 Å². The van der Waals surface area contributed by atoms with E-state index in [-0.39, 0.29) is 5.91 Å². The Hall–Kier alpha value is -0.830. The molecule has 0 bridgehead atoms. The lowest BCUT2D eigenvalue weighted by atomic mass is 10.2. The van der Waals surface area contributed by atoms with Crippen LogP contribution in [0.3, 0.4) is 0 Å². The van der Waals surface area contributed by atoms with E-state index in [9.17, 15) is 4.79 Å². The molecule has 1 atom stereocenters. The zero-order valence-electron chi connectivity index (χ0n) is 8.63. The van der Waals surface area contributed by atoms with Crippen molar-refractivity contribution in [2.45, 2.75) is 26.8 Å². The maximum atomic E-state index is 11.7. The molecular formula is C10H18N2O. The number of hydrogen-bond donors (Lipinski definition) is 1. The first-order chi connectivity index (χ1) is 6.15. The van der Waals surface area contributed by atoms with Crippen LogP contribution >= 0.6 is 0 Å². The quantitative estimate of drug-likeness (QED) is 0.608. The molecule has 1 amide bonds. The van der Waals surface area contributed by atoms with Gasteiger partial charge in [0.25, 0.3) is 0 Å². The predicted octanol–water partition coefficient (Wildman–Crippen LogP) is 0.773. The monoisotopic (exact) mass is 182 g/mol. The van der Waals surface area contributed by atoms with Crippen LogP contribution in [0.25, 0.3) is 0 Å². The summed E-state index contributed by atoms with van der Waals surface area (Å²) in [7, 11) is 0. The second-order valence-electron chi connectivity index (χ2n) is 3.58. The molecule has 1 N–H and O–H groups in total. The van der Waals surface area contributed by atoms with Gasteiger partial charge in [0.2, 0.25) is 5.91 Å². The molecule has 0 unspecified atom stereocenters. The Morgan fingerprint density at radius 1 is 1.62 bits per heavy atom.